The van der Waals surface area contributed by atoms with Crippen LogP contribution in [0.4, 0.5) is 11.6 Å². The second kappa shape index (κ2) is 8.34. The molecular formula is C21H20ClN3O5S2. The van der Waals surface area contributed by atoms with Crippen molar-refractivity contribution in [1.29, 1.82) is 0 Å². The van der Waals surface area contributed by atoms with Crippen molar-refractivity contribution >= 4 is 56.2 Å². The van der Waals surface area contributed by atoms with Crippen molar-refractivity contribution in [3.8, 4) is 0 Å². The summed E-state index contributed by atoms with van der Waals surface area (Å²) in [6, 6.07) is 4.93. The van der Waals surface area contributed by atoms with Crippen LogP contribution in [0.3, 0.4) is 0 Å². The third-order valence-electron chi connectivity index (χ3n) is 5.07. The number of carbonyl (C=O) groups is 2. The molecule has 1 saturated carbocycles. The molecule has 0 spiro atoms. The van der Waals surface area contributed by atoms with Crippen LogP contribution in [0.25, 0.3) is 0 Å². The number of nitrogens with zero attached hydrogens (tertiary/aromatic N) is 1. The van der Waals surface area contributed by atoms with Crippen LogP contribution in [-0.4, -0.2) is 25.3 Å². The van der Waals surface area contributed by atoms with E-state index in [0.717, 1.165) is 35.3 Å². The van der Waals surface area contributed by atoms with Gasteiger partial charge in [-0.05, 0) is 62.3 Å². The predicted octanol–water partition coefficient (Wildman–Crippen LogP) is 4.96. The molecule has 1 aliphatic carbocycles. The highest BCUT2D eigenvalue weighted by molar-refractivity contribution is 7.93. The Labute approximate surface area is 194 Å². The first-order chi connectivity index (χ1) is 15.1. The lowest BCUT2D eigenvalue weighted by atomic mass is 9.98. The maximum absolute atomic E-state index is 13.1. The van der Waals surface area contributed by atoms with Crippen molar-refractivity contribution in [2.75, 3.05) is 10.0 Å². The van der Waals surface area contributed by atoms with Gasteiger partial charge in [0.2, 0.25) is 0 Å². The van der Waals surface area contributed by atoms with Crippen LogP contribution in [-0.2, 0) is 10.0 Å². The van der Waals surface area contributed by atoms with Crippen LogP contribution >= 0.6 is 22.9 Å². The second-order valence-electron chi connectivity index (χ2n) is 7.73. The average molecular weight is 494 g/mol. The van der Waals surface area contributed by atoms with Gasteiger partial charge in [0, 0.05) is 11.5 Å². The first kappa shape index (κ1) is 22.5. The van der Waals surface area contributed by atoms with E-state index in [9.17, 15) is 18.0 Å². The predicted molar refractivity (Wildman–Crippen MR) is 122 cm³/mol. The molecule has 0 aliphatic heterocycles. The minimum atomic E-state index is -4.18. The molecule has 1 aliphatic rings. The van der Waals surface area contributed by atoms with Crippen LogP contribution in [0.2, 0.25) is 5.02 Å². The Hall–Kier alpha value is -2.69. The van der Waals surface area contributed by atoms with Crippen molar-refractivity contribution in [2.45, 2.75) is 38.5 Å². The van der Waals surface area contributed by atoms with Crippen LogP contribution in [0.5, 0.6) is 0 Å². The number of aromatic nitrogens is 1. The number of Topliss-reactive ketones (excluding diaryl/α,β-unsaturated/α-hetero) is 1. The number of hydrogen-bond donors (Lipinski definition) is 2. The van der Waals surface area contributed by atoms with Crippen molar-refractivity contribution in [1.82, 2.24) is 5.16 Å². The monoisotopic (exact) mass is 493 g/mol. The van der Waals surface area contributed by atoms with Crippen molar-refractivity contribution < 1.29 is 22.5 Å². The first-order valence-corrected chi connectivity index (χ1v) is 12.5. The molecule has 2 aromatic heterocycles. The SMILES string of the molecule is Cc1cc(C)c(NC(=O)c2sccc2S(=O)(=O)Nc2onc(C)c2Cl)c(C(=O)C2CC2)c1. The summed E-state index contributed by atoms with van der Waals surface area (Å²) in [6.45, 7) is 5.25. The van der Waals surface area contributed by atoms with Gasteiger partial charge in [-0.3, -0.25) is 9.59 Å². The fourth-order valence-electron chi connectivity index (χ4n) is 3.34. The highest BCUT2D eigenvalue weighted by atomic mass is 35.5. The van der Waals surface area contributed by atoms with Gasteiger partial charge in [-0.15, -0.1) is 11.3 Å². The van der Waals surface area contributed by atoms with Gasteiger partial charge in [-0.25, -0.2) is 13.1 Å². The van der Waals surface area contributed by atoms with Crippen molar-refractivity contribution in [2.24, 2.45) is 5.92 Å². The maximum Gasteiger partial charge on any atom is 0.267 e. The van der Waals surface area contributed by atoms with E-state index >= 15 is 0 Å². The summed E-state index contributed by atoms with van der Waals surface area (Å²) in [5, 5.41) is 7.91. The summed E-state index contributed by atoms with van der Waals surface area (Å²) >= 11 is 6.97. The Balaban J connectivity index is 1.65. The van der Waals surface area contributed by atoms with E-state index in [4.69, 9.17) is 16.1 Å². The van der Waals surface area contributed by atoms with Gasteiger partial charge >= 0.3 is 0 Å². The van der Waals surface area contributed by atoms with E-state index in [1.807, 2.05) is 13.0 Å². The molecule has 4 rings (SSSR count). The molecule has 2 N–H and O–H groups in total. The smallest absolute Gasteiger partial charge is 0.267 e. The molecule has 1 aromatic carbocycles. The molecule has 0 atom stereocenters. The number of ketones is 1. The molecule has 168 valence electrons. The lowest BCUT2D eigenvalue weighted by Crippen LogP contribution is -2.20. The number of amides is 1. The van der Waals surface area contributed by atoms with Crippen molar-refractivity contribution in [3.05, 3.63) is 55.9 Å². The normalized spacial score (nSPS) is 13.8. The maximum atomic E-state index is 13.1. The summed E-state index contributed by atoms with van der Waals surface area (Å²) in [7, 11) is -4.18. The minimum Gasteiger partial charge on any atom is -0.336 e. The zero-order chi connectivity index (χ0) is 23.2. The third kappa shape index (κ3) is 4.30. The zero-order valence-corrected chi connectivity index (χ0v) is 19.9. The number of carbonyl (C=O) groups excluding carboxylic acids is 2. The molecular weight excluding hydrogens is 474 g/mol. The first-order valence-electron chi connectivity index (χ1n) is 9.77. The van der Waals surface area contributed by atoms with Gasteiger partial charge in [0.25, 0.3) is 21.8 Å². The molecule has 0 saturated heterocycles. The van der Waals surface area contributed by atoms with Crippen molar-refractivity contribution in [3.63, 3.8) is 0 Å². The number of thiophene rings is 1. The Morgan fingerprint density at radius 2 is 1.94 bits per heavy atom. The van der Waals surface area contributed by atoms with E-state index in [2.05, 4.69) is 15.2 Å². The molecule has 8 nitrogen and oxygen atoms in total. The highest BCUT2D eigenvalue weighted by Crippen LogP contribution is 2.37. The van der Waals surface area contributed by atoms with E-state index in [1.165, 1.54) is 11.4 Å². The molecule has 0 unspecified atom stereocenters. The molecule has 2 heterocycles. The van der Waals surface area contributed by atoms with Gasteiger partial charge in [0.1, 0.15) is 20.5 Å². The van der Waals surface area contributed by atoms with Gasteiger partial charge in [0.05, 0.1) is 5.69 Å². The Bertz CT molecular complexity index is 1340. The number of halogens is 1. The number of anilines is 2. The minimum absolute atomic E-state index is 0.0110. The molecule has 11 heteroatoms. The number of hydrogen-bond acceptors (Lipinski definition) is 7. The fourth-order valence-corrected chi connectivity index (χ4v) is 5.83. The van der Waals surface area contributed by atoms with Gasteiger partial charge in [-0.1, -0.05) is 22.8 Å². The number of nitrogens with one attached hydrogen (secondary N) is 2. The van der Waals surface area contributed by atoms with Gasteiger partial charge in [0.15, 0.2) is 5.78 Å². The summed E-state index contributed by atoms with van der Waals surface area (Å²) in [5.74, 6) is -0.891. The van der Waals surface area contributed by atoms with E-state index in [0.29, 0.717) is 16.9 Å². The van der Waals surface area contributed by atoms with E-state index < -0.39 is 15.9 Å². The standard InChI is InChI=1S/C21H20ClN3O5S2/c1-10-8-11(2)17(14(9-10)18(26)13-4-5-13)23-20(27)19-15(6-7-31-19)32(28,29)25-21-16(22)12(3)24-30-21/h6-9,13,25H,4-5H2,1-3H3,(H,23,27). The molecule has 32 heavy (non-hydrogen) atoms. The quantitative estimate of drug-likeness (QED) is 0.449. The average Bonchev–Trinajstić information content (AvgIpc) is 3.37. The third-order valence-corrected chi connectivity index (χ3v) is 7.94. The molecule has 0 bridgehead atoms. The molecule has 1 amide bonds. The van der Waals surface area contributed by atoms with Gasteiger partial charge < -0.3 is 9.84 Å². The summed E-state index contributed by atoms with van der Waals surface area (Å²) in [6.07, 6.45) is 1.67. The second-order valence-corrected chi connectivity index (χ2v) is 10.7. The fraction of sp³-hybridized carbons (Fsp3) is 0.286. The summed E-state index contributed by atoms with van der Waals surface area (Å²) in [5.41, 5.74) is 2.81. The number of sulfonamides is 1. The lowest BCUT2D eigenvalue weighted by molar-refractivity contribution is 0.0968. The largest absolute Gasteiger partial charge is 0.336 e. The molecule has 3 aromatic rings. The van der Waals surface area contributed by atoms with E-state index in [-0.39, 0.29) is 32.4 Å². The Morgan fingerprint density at radius 3 is 2.56 bits per heavy atom. The highest BCUT2D eigenvalue weighted by Gasteiger charge is 2.33. The molecule has 0 radical (unpaired) electrons. The molecule has 1 fully saturated rings. The summed E-state index contributed by atoms with van der Waals surface area (Å²) < 4.78 is 32.9. The van der Waals surface area contributed by atoms with E-state index in [1.54, 1.807) is 19.9 Å². The number of rotatable bonds is 7. The Kier molecular flexibility index (Phi) is 5.87. The summed E-state index contributed by atoms with van der Waals surface area (Å²) in [4.78, 5) is 25.6. The number of aryl methyl sites for hydroxylation is 3. The van der Waals surface area contributed by atoms with Gasteiger partial charge in [-0.2, -0.15) is 0 Å². The number of benzene rings is 1. The van der Waals surface area contributed by atoms with Crippen LogP contribution in [0, 0.1) is 26.7 Å². The topological polar surface area (TPSA) is 118 Å². The van der Waals surface area contributed by atoms with Crippen LogP contribution in [0.1, 0.15) is 49.7 Å². The Morgan fingerprint density at radius 1 is 1.22 bits per heavy atom. The zero-order valence-electron chi connectivity index (χ0n) is 17.5. The van der Waals surface area contributed by atoms with Crippen LogP contribution in [0.15, 0.2) is 33.0 Å². The lowest BCUT2D eigenvalue weighted by Gasteiger charge is -2.15. The van der Waals surface area contributed by atoms with Crippen LogP contribution < -0.4 is 10.0 Å².